The lowest BCUT2D eigenvalue weighted by atomic mass is 9.74. The predicted octanol–water partition coefficient (Wildman–Crippen LogP) is 2.78. The molecule has 24 heavy (non-hydrogen) atoms. The van der Waals surface area contributed by atoms with Crippen LogP contribution in [0.2, 0.25) is 0 Å². The summed E-state index contributed by atoms with van der Waals surface area (Å²) in [4.78, 5) is 27.7. The van der Waals surface area contributed by atoms with E-state index in [9.17, 15) is 27.9 Å². The minimum atomic E-state index is -4.68. The highest BCUT2D eigenvalue weighted by molar-refractivity contribution is 6.07. The summed E-state index contributed by atoms with van der Waals surface area (Å²) in [6.07, 6.45) is -4.68. The van der Waals surface area contributed by atoms with E-state index in [1.54, 1.807) is 0 Å². The van der Waals surface area contributed by atoms with Crippen LogP contribution in [0.1, 0.15) is 24.0 Å². The van der Waals surface area contributed by atoms with E-state index < -0.39 is 35.5 Å². The fraction of sp³-hybridized carbons (Fsp3) is 0.312. The number of rotatable bonds is 2. The molecule has 0 aliphatic carbocycles. The minimum Gasteiger partial charge on any atom is -0.481 e. The summed E-state index contributed by atoms with van der Waals surface area (Å²) in [6, 6.07) is 4.66. The maximum atomic E-state index is 13.4. The lowest BCUT2D eigenvalue weighted by Gasteiger charge is -2.29. The summed E-state index contributed by atoms with van der Waals surface area (Å²) in [5.41, 5.74) is -1.01. The average Bonchev–Trinajstić information content (AvgIpc) is 2.85. The van der Waals surface area contributed by atoms with Crippen LogP contribution in [0.5, 0.6) is 0 Å². The number of halogens is 3. The summed E-state index contributed by atoms with van der Waals surface area (Å²) >= 11 is 0. The number of alkyl halides is 3. The molecule has 0 amide bonds. The van der Waals surface area contributed by atoms with Crippen LogP contribution in [0.3, 0.4) is 0 Å². The number of esters is 1. The first-order chi connectivity index (χ1) is 11.2. The van der Waals surface area contributed by atoms with Crippen molar-refractivity contribution in [2.24, 2.45) is 10.9 Å². The van der Waals surface area contributed by atoms with E-state index in [0.29, 0.717) is 0 Å². The van der Waals surface area contributed by atoms with Crippen LogP contribution >= 0.6 is 0 Å². The summed E-state index contributed by atoms with van der Waals surface area (Å²) in [6.45, 7) is 1.26. The first-order valence-corrected chi connectivity index (χ1v) is 7.06. The number of ether oxygens (including phenoxy) is 1. The zero-order valence-electron chi connectivity index (χ0n) is 12.4. The third-order valence-corrected chi connectivity index (χ3v) is 4.14. The summed E-state index contributed by atoms with van der Waals surface area (Å²) in [5, 5.41) is 9.50. The zero-order chi connectivity index (χ0) is 17.6. The molecule has 2 aliphatic rings. The van der Waals surface area contributed by atoms with Gasteiger partial charge in [0.1, 0.15) is 12.5 Å². The number of carbonyl (C=O) groups excluding carboxylic acids is 1. The van der Waals surface area contributed by atoms with Crippen LogP contribution in [0.25, 0.3) is 0 Å². The van der Waals surface area contributed by atoms with Crippen molar-refractivity contribution in [3.05, 3.63) is 46.7 Å². The van der Waals surface area contributed by atoms with E-state index in [-0.39, 0.29) is 29.2 Å². The Morgan fingerprint density at radius 1 is 1.33 bits per heavy atom. The van der Waals surface area contributed by atoms with Crippen molar-refractivity contribution in [1.29, 1.82) is 0 Å². The number of hydrogen-bond donors (Lipinski definition) is 1. The first-order valence-electron chi connectivity index (χ1n) is 7.06. The standard InChI is InChI=1S/C16H12F3NO4/c1-7-11(14(21)22)12(13-10(20-7)6-24-15(13)23)8-4-2-3-5-9(8)16(17,18)19/h2-5,11-12H,6H2,1H3,(H,21,22). The smallest absolute Gasteiger partial charge is 0.416 e. The SMILES string of the molecule is CC1=NC2=C(C(=O)OC2)C(c2ccccc2C(F)(F)F)C1C(=O)O. The highest BCUT2D eigenvalue weighted by Crippen LogP contribution is 2.45. The molecule has 126 valence electrons. The van der Waals surface area contributed by atoms with Crippen molar-refractivity contribution in [2.75, 3.05) is 6.61 Å². The number of benzene rings is 1. The Bertz CT molecular complexity index is 795. The Balaban J connectivity index is 2.26. The maximum absolute atomic E-state index is 13.4. The van der Waals surface area contributed by atoms with Gasteiger partial charge in [-0.1, -0.05) is 18.2 Å². The van der Waals surface area contributed by atoms with E-state index in [0.717, 1.165) is 6.07 Å². The van der Waals surface area contributed by atoms with Crippen molar-refractivity contribution in [3.63, 3.8) is 0 Å². The van der Waals surface area contributed by atoms with Crippen LogP contribution in [-0.4, -0.2) is 29.4 Å². The van der Waals surface area contributed by atoms with Gasteiger partial charge < -0.3 is 9.84 Å². The molecule has 2 unspecified atom stereocenters. The van der Waals surface area contributed by atoms with Crippen molar-refractivity contribution in [2.45, 2.75) is 19.0 Å². The van der Waals surface area contributed by atoms with Gasteiger partial charge in [0.05, 0.1) is 16.8 Å². The van der Waals surface area contributed by atoms with E-state index in [2.05, 4.69) is 4.99 Å². The molecular formula is C16H12F3NO4. The van der Waals surface area contributed by atoms with Gasteiger partial charge in [-0.2, -0.15) is 13.2 Å². The van der Waals surface area contributed by atoms with Crippen molar-refractivity contribution >= 4 is 17.7 Å². The second-order valence-electron chi connectivity index (χ2n) is 5.57. The van der Waals surface area contributed by atoms with Gasteiger partial charge in [0.2, 0.25) is 0 Å². The van der Waals surface area contributed by atoms with Crippen LogP contribution in [0.15, 0.2) is 40.5 Å². The van der Waals surface area contributed by atoms with Gasteiger partial charge in [-0.15, -0.1) is 0 Å². The number of aliphatic imine (C=N–C) groups is 1. The molecule has 1 N–H and O–H groups in total. The van der Waals surface area contributed by atoms with Gasteiger partial charge in [-0.05, 0) is 18.6 Å². The molecule has 2 aliphatic heterocycles. The van der Waals surface area contributed by atoms with Gasteiger partial charge in [0.25, 0.3) is 0 Å². The first kappa shape index (κ1) is 16.2. The number of carboxylic acid groups (broad SMARTS) is 1. The summed E-state index contributed by atoms with van der Waals surface area (Å²) < 4.78 is 44.9. The number of carboxylic acids is 1. The second kappa shape index (κ2) is 5.47. The van der Waals surface area contributed by atoms with Crippen molar-refractivity contribution < 1.29 is 32.6 Å². The molecule has 2 heterocycles. The number of carbonyl (C=O) groups is 2. The van der Waals surface area contributed by atoms with Crippen molar-refractivity contribution in [3.8, 4) is 0 Å². The van der Waals surface area contributed by atoms with Gasteiger partial charge in [-0.25, -0.2) is 4.79 Å². The molecule has 1 aromatic rings. The molecule has 0 bridgehead atoms. The van der Waals surface area contributed by atoms with Crippen LogP contribution < -0.4 is 0 Å². The van der Waals surface area contributed by atoms with Gasteiger partial charge >= 0.3 is 18.1 Å². The Hall–Kier alpha value is -2.64. The van der Waals surface area contributed by atoms with Gasteiger partial charge in [-0.3, -0.25) is 9.79 Å². The molecule has 2 atom stereocenters. The van der Waals surface area contributed by atoms with Crippen LogP contribution in [0, 0.1) is 5.92 Å². The average molecular weight is 339 g/mol. The normalized spacial score (nSPS) is 23.7. The van der Waals surface area contributed by atoms with E-state index in [4.69, 9.17) is 4.74 Å². The Morgan fingerprint density at radius 2 is 2.00 bits per heavy atom. The highest BCUT2D eigenvalue weighted by Gasteiger charge is 2.47. The molecule has 3 rings (SSSR count). The maximum Gasteiger partial charge on any atom is 0.416 e. The Labute approximate surface area is 134 Å². The molecular weight excluding hydrogens is 327 g/mol. The van der Waals surface area contributed by atoms with E-state index >= 15 is 0 Å². The zero-order valence-corrected chi connectivity index (χ0v) is 12.4. The highest BCUT2D eigenvalue weighted by atomic mass is 19.4. The van der Waals surface area contributed by atoms with E-state index in [1.807, 2.05) is 0 Å². The Kier molecular flexibility index (Phi) is 3.70. The molecule has 0 aromatic heterocycles. The largest absolute Gasteiger partial charge is 0.481 e. The number of nitrogens with zero attached hydrogens (tertiary/aromatic N) is 1. The number of hydrogen-bond acceptors (Lipinski definition) is 4. The number of aliphatic carboxylic acids is 1. The van der Waals surface area contributed by atoms with Crippen LogP contribution in [-0.2, 0) is 20.5 Å². The number of cyclic esters (lactones) is 1. The lowest BCUT2D eigenvalue weighted by molar-refractivity contribution is -0.142. The van der Waals surface area contributed by atoms with Gasteiger partial charge in [0, 0.05) is 11.6 Å². The predicted molar refractivity (Wildman–Crippen MR) is 76.4 cm³/mol. The topological polar surface area (TPSA) is 76.0 Å². The molecule has 0 spiro atoms. The summed E-state index contributed by atoms with van der Waals surface area (Å²) in [5.74, 6) is -4.82. The fourth-order valence-electron chi connectivity index (χ4n) is 3.18. The molecule has 0 fully saturated rings. The molecule has 1 aromatic carbocycles. The summed E-state index contributed by atoms with van der Waals surface area (Å²) in [7, 11) is 0. The van der Waals surface area contributed by atoms with Gasteiger partial charge in [0.15, 0.2) is 0 Å². The Morgan fingerprint density at radius 3 is 2.62 bits per heavy atom. The minimum absolute atomic E-state index is 0.107. The van der Waals surface area contributed by atoms with Crippen LogP contribution in [0.4, 0.5) is 13.2 Å². The van der Waals surface area contributed by atoms with E-state index in [1.165, 1.54) is 25.1 Å². The molecule has 0 saturated heterocycles. The quantitative estimate of drug-likeness (QED) is 0.841. The lowest BCUT2D eigenvalue weighted by Crippen LogP contribution is -2.34. The molecule has 8 heteroatoms. The molecule has 5 nitrogen and oxygen atoms in total. The van der Waals surface area contributed by atoms with Crippen molar-refractivity contribution in [1.82, 2.24) is 0 Å². The second-order valence-corrected chi connectivity index (χ2v) is 5.57. The molecule has 0 radical (unpaired) electrons. The fourth-order valence-corrected chi connectivity index (χ4v) is 3.18. The third kappa shape index (κ3) is 2.47. The molecule has 0 saturated carbocycles. The third-order valence-electron chi connectivity index (χ3n) is 4.14. The monoisotopic (exact) mass is 339 g/mol.